The van der Waals surface area contributed by atoms with Crippen LogP contribution in [-0.2, 0) is 14.3 Å². The SMILES string of the molecule is C=CCNC(=O)[C@@H](C)OC(=O)[C@H](C)Oc1ccc(Br)cc1. The van der Waals surface area contributed by atoms with Gasteiger partial charge in [-0.3, -0.25) is 4.79 Å². The summed E-state index contributed by atoms with van der Waals surface area (Å²) in [5.74, 6) is -0.426. The first-order valence-corrected chi connectivity index (χ1v) is 7.24. The van der Waals surface area contributed by atoms with E-state index < -0.39 is 18.2 Å². The number of benzene rings is 1. The van der Waals surface area contributed by atoms with Crippen molar-refractivity contribution >= 4 is 27.8 Å². The second kappa shape index (κ2) is 8.46. The topological polar surface area (TPSA) is 64.6 Å². The Morgan fingerprint density at radius 1 is 1.29 bits per heavy atom. The third-order valence-electron chi connectivity index (χ3n) is 2.54. The average molecular weight is 356 g/mol. The molecule has 0 spiro atoms. The van der Waals surface area contributed by atoms with Crippen molar-refractivity contribution in [3.05, 3.63) is 41.4 Å². The molecule has 2 atom stereocenters. The molecule has 0 heterocycles. The first kappa shape index (κ1) is 17.2. The highest BCUT2D eigenvalue weighted by atomic mass is 79.9. The Hall–Kier alpha value is -1.82. The molecule has 0 fully saturated rings. The van der Waals surface area contributed by atoms with Crippen LogP contribution < -0.4 is 10.1 Å². The van der Waals surface area contributed by atoms with Gasteiger partial charge in [0.05, 0.1) is 0 Å². The molecule has 0 bridgehead atoms. The number of carbonyl (C=O) groups excluding carboxylic acids is 2. The van der Waals surface area contributed by atoms with Crippen molar-refractivity contribution in [3.8, 4) is 5.75 Å². The maximum Gasteiger partial charge on any atom is 0.347 e. The second-order valence-corrected chi connectivity index (χ2v) is 5.24. The maximum absolute atomic E-state index is 11.8. The van der Waals surface area contributed by atoms with Crippen LogP contribution in [0.2, 0.25) is 0 Å². The highest BCUT2D eigenvalue weighted by Crippen LogP contribution is 2.17. The van der Waals surface area contributed by atoms with Gasteiger partial charge in [-0.05, 0) is 38.1 Å². The van der Waals surface area contributed by atoms with Gasteiger partial charge in [0.1, 0.15) is 5.75 Å². The number of ether oxygens (including phenoxy) is 2. The van der Waals surface area contributed by atoms with Gasteiger partial charge in [-0.25, -0.2) is 4.79 Å². The van der Waals surface area contributed by atoms with E-state index in [4.69, 9.17) is 9.47 Å². The zero-order chi connectivity index (χ0) is 15.8. The predicted octanol–water partition coefficient (Wildman–Crippen LogP) is 2.45. The smallest absolute Gasteiger partial charge is 0.347 e. The van der Waals surface area contributed by atoms with E-state index in [9.17, 15) is 9.59 Å². The summed E-state index contributed by atoms with van der Waals surface area (Å²) >= 11 is 3.31. The van der Waals surface area contributed by atoms with Gasteiger partial charge < -0.3 is 14.8 Å². The van der Waals surface area contributed by atoms with E-state index in [0.29, 0.717) is 12.3 Å². The van der Waals surface area contributed by atoms with Gasteiger partial charge in [-0.2, -0.15) is 0 Å². The summed E-state index contributed by atoms with van der Waals surface area (Å²) in [7, 11) is 0. The van der Waals surface area contributed by atoms with E-state index in [0.717, 1.165) is 4.47 Å². The lowest BCUT2D eigenvalue weighted by molar-refractivity contribution is -0.160. The Labute approximate surface area is 132 Å². The van der Waals surface area contributed by atoms with Crippen molar-refractivity contribution in [1.29, 1.82) is 0 Å². The van der Waals surface area contributed by atoms with Crippen molar-refractivity contribution in [1.82, 2.24) is 5.32 Å². The molecule has 0 aliphatic heterocycles. The Kier molecular flexibility index (Phi) is 6.94. The van der Waals surface area contributed by atoms with Gasteiger partial charge in [0.2, 0.25) is 0 Å². The van der Waals surface area contributed by atoms with Gasteiger partial charge in [0, 0.05) is 11.0 Å². The molecule has 1 aromatic carbocycles. The van der Waals surface area contributed by atoms with Gasteiger partial charge in [0.25, 0.3) is 5.91 Å². The van der Waals surface area contributed by atoms with E-state index in [1.165, 1.54) is 6.92 Å². The molecule has 1 amide bonds. The van der Waals surface area contributed by atoms with E-state index in [1.807, 2.05) is 0 Å². The summed E-state index contributed by atoms with van der Waals surface area (Å²) in [6.07, 6.45) is -0.139. The number of halogens is 1. The zero-order valence-corrected chi connectivity index (χ0v) is 13.6. The van der Waals surface area contributed by atoms with E-state index >= 15 is 0 Å². The zero-order valence-electron chi connectivity index (χ0n) is 12.0. The predicted molar refractivity (Wildman–Crippen MR) is 83.0 cm³/mol. The minimum atomic E-state index is -0.881. The number of rotatable bonds is 7. The van der Waals surface area contributed by atoms with Crippen molar-refractivity contribution < 1.29 is 19.1 Å². The molecule has 1 aromatic rings. The summed E-state index contributed by atoms with van der Waals surface area (Å²) in [5, 5.41) is 2.55. The molecular weight excluding hydrogens is 338 g/mol. The summed E-state index contributed by atoms with van der Waals surface area (Å²) in [4.78, 5) is 23.4. The lowest BCUT2D eigenvalue weighted by Gasteiger charge is -2.17. The molecular formula is C15H18BrNO4. The standard InChI is InChI=1S/C15H18BrNO4/c1-4-9-17-14(18)10(2)21-15(19)11(3)20-13-7-5-12(16)6-8-13/h4-8,10-11H,1,9H2,2-3H3,(H,17,18)/t10-,11+/m1/s1. The normalized spacial score (nSPS) is 12.9. The molecule has 0 aliphatic rings. The van der Waals surface area contributed by atoms with E-state index in [1.54, 1.807) is 37.3 Å². The molecule has 0 saturated carbocycles. The Balaban J connectivity index is 2.48. The highest BCUT2D eigenvalue weighted by molar-refractivity contribution is 9.10. The number of nitrogens with one attached hydrogen (secondary N) is 1. The number of esters is 1. The molecule has 5 nitrogen and oxygen atoms in total. The van der Waals surface area contributed by atoms with Gasteiger partial charge >= 0.3 is 5.97 Å². The maximum atomic E-state index is 11.8. The first-order valence-electron chi connectivity index (χ1n) is 6.45. The van der Waals surface area contributed by atoms with Crippen molar-refractivity contribution in [2.24, 2.45) is 0 Å². The Morgan fingerprint density at radius 3 is 2.48 bits per heavy atom. The summed E-state index contributed by atoms with van der Waals surface area (Å²) in [6, 6.07) is 7.07. The van der Waals surface area contributed by atoms with Crippen LogP contribution in [0.5, 0.6) is 5.75 Å². The van der Waals surface area contributed by atoms with E-state index in [-0.39, 0.29) is 5.91 Å². The van der Waals surface area contributed by atoms with E-state index in [2.05, 4.69) is 27.8 Å². The van der Waals surface area contributed by atoms with Crippen molar-refractivity contribution in [2.75, 3.05) is 6.54 Å². The number of amides is 1. The number of hydrogen-bond donors (Lipinski definition) is 1. The molecule has 1 rings (SSSR count). The Morgan fingerprint density at radius 2 is 1.90 bits per heavy atom. The van der Waals surface area contributed by atoms with Crippen LogP contribution in [0.4, 0.5) is 0 Å². The molecule has 0 unspecified atom stereocenters. The second-order valence-electron chi connectivity index (χ2n) is 4.33. The molecule has 0 aliphatic carbocycles. The number of carbonyl (C=O) groups is 2. The van der Waals surface area contributed by atoms with Crippen LogP contribution in [0.1, 0.15) is 13.8 Å². The minimum Gasteiger partial charge on any atom is -0.479 e. The third kappa shape index (κ3) is 5.99. The molecule has 114 valence electrons. The molecule has 0 radical (unpaired) electrons. The fraction of sp³-hybridized carbons (Fsp3) is 0.333. The minimum absolute atomic E-state index is 0.325. The molecule has 0 saturated heterocycles. The fourth-order valence-electron chi connectivity index (χ4n) is 1.41. The molecule has 0 aromatic heterocycles. The summed E-state index contributed by atoms with van der Waals surface area (Å²) in [6.45, 7) is 6.88. The largest absolute Gasteiger partial charge is 0.479 e. The number of hydrogen-bond acceptors (Lipinski definition) is 4. The lowest BCUT2D eigenvalue weighted by atomic mass is 10.3. The lowest BCUT2D eigenvalue weighted by Crippen LogP contribution is -2.38. The Bertz CT molecular complexity index is 501. The molecule has 21 heavy (non-hydrogen) atoms. The van der Waals surface area contributed by atoms with Gasteiger partial charge in [-0.15, -0.1) is 6.58 Å². The van der Waals surface area contributed by atoms with Gasteiger partial charge in [-0.1, -0.05) is 22.0 Å². The van der Waals surface area contributed by atoms with Crippen LogP contribution in [0.25, 0.3) is 0 Å². The van der Waals surface area contributed by atoms with Crippen LogP contribution in [0.3, 0.4) is 0 Å². The first-order chi connectivity index (χ1) is 9.93. The summed E-state index contributed by atoms with van der Waals surface area (Å²) in [5.41, 5.74) is 0. The molecule has 6 heteroatoms. The van der Waals surface area contributed by atoms with Crippen LogP contribution in [0.15, 0.2) is 41.4 Å². The average Bonchev–Trinajstić information content (AvgIpc) is 2.46. The van der Waals surface area contributed by atoms with Crippen LogP contribution in [0, 0.1) is 0 Å². The van der Waals surface area contributed by atoms with Crippen molar-refractivity contribution in [3.63, 3.8) is 0 Å². The molecule has 1 N–H and O–H groups in total. The van der Waals surface area contributed by atoms with Crippen LogP contribution in [-0.4, -0.2) is 30.6 Å². The van der Waals surface area contributed by atoms with Crippen LogP contribution >= 0.6 is 15.9 Å². The highest BCUT2D eigenvalue weighted by Gasteiger charge is 2.22. The van der Waals surface area contributed by atoms with Gasteiger partial charge in [0.15, 0.2) is 12.2 Å². The quantitative estimate of drug-likeness (QED) is 0.602. The summed E-state index contributed by atoms with van der Waals surface area (Å²) < 4.78 is 11.4. The third-order valence-corrected chi connectivity index (χ3v) is 3.07. The monoisotopic (exact) mass is 355 g/mol. The van der Waals surface area contributed by atoms with Crippen molar-refractivity contribution in [2.45, 2.75) is 26.1 Å². The fourth-order valence-corrected chi connectivity index (χ4v) is 1.67.